The molecule has 1 saturated heterocycles. The van der Waals surface area contributed by atoms with E-state index in [-0.39, 0.29) is 35.8 Å². The number of rotatable bonds is 7. The molecule has 7 nitrogen and oxygen atoms in total. The predicted molar refractivity (Wildman–Crippen MR) is 121 cm³/mol. The largest absolute Gasteiger partial charge is 0.455 e. The van der Waals surface area contributed by atoms with E-state index in [1.165, 1.54) is 40.7 Å². The van der Waals surface area contributed by atoms with Gasteiger partial charge in [-0.15, -0.1) is 0 Å². The fraction of sp³-hybridized carbons (Fsp3) is 0.208. The smallest absolute Gasteiger partial charge is 0.243 e. The van der Waals surface area contributed by atoms with Crippen LogP contribution in [-0.4, -0.2) is 44.9 Å². The standard InChI is InChI=1S/C24H23FN2O5S/c25-19-6-4-5-18(15-19)16-24(28)26-22-17-21(33(29,30)27-11-13-31-14-12-27)9-10-23(22)32-20-7-2-1-3-8-20/h1-10,15,17H,11-14,16H2,(H,26,28). The Bertz CT molecular complexity index is 1230. The lowest BCUT2D eigenvalue weighted by Gasteiger charge is -2.26. The zero-order chi connectivity index (χ0) is 23.3. The molecule has 3 aromatic rings. The molecule has 1 aliphatic heterocycles. The molecule has 0 aliphatic carbocycles. The number of carbonyl (C=O) groups excluding carboxylic acids is 1. The van der Waals surface area contributed by atoms with Crippen LogP contribution in [0.1, 0.15) is 5.56 Å². The first-order valence-electron chi connectivity index (χ1n) is 10.4. The van der Waals surface area contributed by atoms with Crippen molar-refractivity contribution in [1.82, 2.24) is 4.31 Å². The number of morpholine rings is 1. The van der Waals surface area contributed by atoms with E-state index in [1.54, 1.807) is 30.3 Å². The minimum Gasteiger partial charge on any atom is -0.455 e. The Hall–Kier alpha value is -3.27. The number of carbonyl (C=O) groups is 1. The van der Waals surface area contributed by atoms with Crippen molar-refractivity contribution in [2.24, 2.45) is 0 Å². The zero-order valence-corrected chi connectivity index (χ0v) is 18.6. The van der Waals surface area contributed by atoms with Gasteiger partial charge < -0.3 is 14.8 Å². The number of amides is 1. The van der Waals surface area contributed by atoms with Crippen molar-refractivity contribution in [1.29, 1.82) is 0 Å². The summed E-state index contributed by atoms with van der Waals surface area (Å²) in [6.07, 6.45) is -0.0804. The molecule has 0 bridgehead atoms. The molecule has 172 valence electrons. The second-order valence-electron chi connectivity index (χ2n) is 7.44. The minimum atomic E-state index is -3.78. The van der Waals surface area contributed by atoms with E-state index in [0.29, 0.717) is 24.5 Å². The molecule has 0 atom stereocenters. The molecule has 4 rings (SSSR count). The van der Waals surface area contributed by atoms with Gasteiger partial charge in [0.2, 0.25) is 15.9 Å². The van der Waals surface area contributed by atoms with Gasteiger partial charge in [0.25, 0.3) is 0 Å². The van der Waals surface area contributed by atoms with Crippen molar-refractivity contribution < 1.29 is 27.1 Å². The highest BCUT2D eigenvalue weighted by Gasteiger charge is 2.27. The van der Waals surface area contributed by atoms with Gasteiger partial charge >= 0.3 is 0 Å². The van der Waals surface area contributed by atoms with Crippen molar-refractivity contribution in [2.75, 3.05) is 31.6 Å². The lowest BCUT2D eigenvalue weighted by Crippen LogP contribution is -2.40. The quantitative estimate of drug-likeness (QED) is 0.568. The summed E-state index contributed by atoms with van der Waals surface area (Å²) in [5.74, 6) is -0.0527. The van der Waals surface area contributed by atoms with E-state index in [4.69, 9.17) is 9.47 Å². The van der Waals surface area contributed by atoms with Crippen LogP contribution in [0.5, 0.6) is 11.5 Å². The molecule has 1 N–H and O–H groups in total. The average Bonchev–Trinajstić information content (AvgIpc) is 2.81. The van der Waals surface area contributed by atoms with Crippen LogP contribution >= 0.6 is 0 Å². The molecule has 33 heavy (non-hydrogen) atoms. The van der Waals surface area contributed by atoms with E-state index < -0.39 is 21.7 Å². The Morgan fingerprint density at radius 1 is 1.00 bits per heavy atom. The third kappa shape index (κ3) is 5.75. The number of anilines is 1. The van der Waals surface area contributed by atoms with E-state index in [9.17, 15) is 17.6 Å². The summed E-state index contributed by atoms with van der Waals surface area (Å²) in [4.78, 5) is 12.7. The highest BCUT2D eigenvalue weighted by Crippen LogP contribution is 2.33. The van der Waals surface area contributed by atoms with Gasteiger partial charge in [-0.1, -0.05) is 30.3 Å². The van der Waals surface area contributed by atoms with E-state index >= 15 is 0 Å². The molecule has 1 amide bonds. The second-order valence-corrected chi connectivity index (χ2v) is 9.38. The van der Waals surface area contributed by atoms with Crippen LogP contribution in [0.25, 0.3) is 0 Å². The predicted octanol–water partition coefficient (Wildman–Crippen LogP) is 3.82. The van der Waals surface area contributed by atoms with Crippen LogP contribution in [0.4, 0.5) is 10.1 Å². The van der Waals surface area contributed by atoms with Crippen LogP contribution in [0.15, 0.2) is 77.7 Å². The Morgan fingerprint density at radius 3 is 2.48 bits per heavy atom. The second kappa shape index (κ2) is 10.1. The van der Waals surface area contributed by atoms with Crippen molar-refractivity contribution in [3.8, 4) is 11.5 Å². The Labute approximate surface area is 191 Å². The van der Waals surface area contributed by atoms with Crippen LogP contribution in [-0.2, 0) is 26.0 Å². The molecule has 3 aromatic carbocycles. The minimum absolute atomic E-state index is 0.0332. The highest BCUT2D eigenvalue weighted by molar-refractivity contribution is 7.89. The van der Waals surface area contributed by atoms with Gasteiger partial charge in [0.15, 0.2) is 5.75 Å². The van der Waals surface area contributed by atoms with Crippen molar-refractivity contribution in [3.63, 3.8) is 0 Å². The molecule has 1 fully saturated rings. The first kappa shape index (κ1) is 22.9. The molecule has 0 spiro atoms. The maximum absolute atomic E-state index is 13.5. The number of sulfonamides is 1. The lowest BCUT2D eigenvalue weighted by atomic mass is 10.1. The highest BCUT2D eigenvalue weighted by atomic mass is 32.2. The number of ether oxygens (including phenoxy) is 2. The SMILES string of the molecule is O=C(Cc1cccc(F)c1)Nc1cc(S(=O)(=O)N2CCOCC2)ccc1Oc1ccccc1. The first-order valence-corrected chi connectivity index (χ1v) is 11.8. The molecule has 1 heterocycles. The third-order valence-electron chi connectivity index (χ3n) is 5.06. The van der Waals surface area contributed by atoms with Gasteiger partial charge in [-0.2, -0.15) is 4.31 Å². The monoisotopic (exact) mass is 470 g/mol. The van der Waals surface area contributed by atoms with Gasteiger partial charge in [-0.25, -0.2) is 12.8 Å². The number of benzene rings is 3. The average molecular weight is 471 g/mol. The summed E-state index contributed by atoms with van der Waals surface area (Å²) in [6, 6.07) is 19.0. The van der Waals surface area contributed by atoms with E-state index in [1.807, 2.05) is 6.07 Å². The van der Waals surface area contributed by atoms with E-state index in [0.717, 1.165) is 0 Å². The molecule has 0 saturated carbocycles. The lowest BCUT2D eigenvalue weighted by molar-refractivity contribution is -0.115. The van der Waals surface area contributed by atoms with Crippen molar-refractivity contribution >= 4 is 21.6 Å². The number of para-hydroxylation sites is 1. The molecular weight excluding hydrogens is 447 g/mol. The van der Waals surface area contributed by atoms with Crippen molar-refractivity contribution in [3.05, 3.63) is 84.2 Å². The Kier molecular flexibility index (Phi) is 7.02. The number of nitrogens with one attached hydrogen (secondary N) is 1. The number of hydrogen-bond acceptors (Lipinski definition) is 5. The summed E-state index contributed by atoms with van der Waals surface area (Å²) >= 11 is 0. The van der Waals surface area contributed by atoms with Gasteiger partial charge in [0.05, 0.1) is 30.2 Å². The number of hydrogen-bond donors (Lipinski definition) is 1. The van der Waals surface area contributed by atoms with Crippen molar-refractivity contribution in [2.45, 2.75) is 11.3 Å². The fourth-order valence-electron chi connectivity index (χ4n) is 3.43. The molecule has 0 radical (unpaired) electrons. The topological polar surface area (TPSA) is 84.9 Å². The fourth-order valence-corrected chi connectivity index (χ4v) is 4.87. The molecule has 9 heteroatoms. The summed E-state index contributed by atoms with van der Waals surface area (Å²) in [7, 11) is -3.78. The van der Waals surface area contributed by atoms with Gasteiger partial charge in [0.1, 0.15) is 11.6 Å². The van der Waals surface area contributed by atoms with Crippen LogP contribution in [0.3, 0.4) is 0 Å². The summed E-state index contributed by atoms with van der Waals surface area (Å²) < 4.78 is 52.2. The summed E-state index contributed by atoms with van der Waals surface area (Å²) in [6.45, 7) is 1.16. The molecule has 0 aromatic heterocycles. The van der Waals surface area contributed by atoms with Crippen LogP contribution in [0, 0.1) is 5.82 Å². The maximum Gasteiger partial charge on any atom is 0.243 e. The number of halogens is 1. The Balaban J connectivity index is 1.63. The van der Waals surface area contributed by atoms with Gasteiger partial charge in [-0.05, 0) is 48.0 Å². The number of nitrogens with zero attached hydrogens (tertiary/aromatic N) is 1. The van der Waals surface area contributed by atoms with Gasteiger partial charge in [-0.3, -0.25) is 4.79 Å². The Morgan fingerprint density at radius 2 is 1.76 bits per heavy atom. The summed E-state index contributed by atoms with van der Waals surface area (Å²) in [5, 5.41) is 2.72. The molecule has 0 unspecified atom stereocenters. The third-order valence-corrected chi connectivity index (χ3v) is 6.95. The first-order chi connectivity index (χ1) is 15.9. The maximum atomic E-state index is 13.5. The van der Waals surface area contributed by atoms with Crippen LogP contribution in [0.2, 0.25) is 0 Å². The summed E-state index contributed by atoms with van der Waals surface area (Å²) in [5.41, 5.74) is 0.699. The zero-order valence-electron chi connectivity index (χ0n) is 17.7. The molecule has 1 aliphatic rings. The van der Waals surface area contributed by atoms with Gasteiger partial charge in [0, 0.05) is 13.1 Å². The normalized spacial score (nSPS) is 14.6. The van der Waals surface area contributed by atoms with Crippen LogP contribution < -0.4 is 10.1 Å². The molecular formula is C24H23FN2O5S. The van der Waals surface area contributed by atoms with E-state index in [2.05, 4.69) is 5.32 Å².